The number of nitrogens with two attached hydrogens (primary N) is 1. The number of rotatable bonds is 7. The Labute approximate surface area is 138 Å². The van der Waals surface area contributed by atoms with Crippen LogP contribution < -0.4 is 5.73 Å². The van der Waals surface area contributed by atoms with Gasteiger partial charge >= 0.3 is 0 Å². The third-order valence-corrected chi connectivity index (χ3v) is 4.25. The molecule has 3 nitrogen and oxygen atoms in total. The predicted molar refractivity (Wildman–Crippen MR) is 93.8 cm³/mol. The number of hydrogen-bond donors (Lipinski definition) is 2. The first-order valence-electron chi connectivity index (χ1n) is 8.04. The van der Waals surface area contributed by atoms with Crippen LogP contribution in [0.5, 0.6) is 0 Å². The average Bonchev–Trinajstić information content (AvgIpc) is 2.53. The third-order valence-electron chi connectivity index (χ3n) is 4.25. The van der Waals surface area contributed by atoms with Gasteiger partial charge < -0.3 is 10.8 Å². The lowest BCUT2D eigenvalue weighted by Crippen LogP contribution is -2.37. The quantitative estimate of drug-likeness (QED) is 0.773. The Morgan fingerprint density at radius 2 is 1.87 bits per heavy atom. The molecule has 0 aliphatic carbocycles. The third kappa shape index (κ3) is 4.75. The van der Waals surface area contributed by atoms with Crippen molar-refractivity contribution in [1.82, 2.24) is 0 Å². The van der Waals surface area contributed by atoms with Gasteiger partial charge in [0.2, 0.25) is 0 Å². The van der Waals surface area contributed by atoms with Crippen LogP contribution in [0.4, 0.5) is 0 Å². The maximum atomic E-state index is 11.3. The molecule has 3 heteroatoms. The van der Waals surface area contributed by atoms with E-state index in [0.717, 1.165) is 34.1 Å². The number of aliphatic hydroxyl groups is 1. The van der Waals surface area contributed by atoms with E-state index in [1.54, 1.807) is 0 Å². The van der Waals surface area contributed by atoms with Gasteiger partial charge in [-0.25, -0.2) is 0 Å². The molecule has 0 saturated carbocycles. The minimum absolute atomic E-state index is 0.303. The summed E-state index contributed by atoms with van der Waals surface area (Å²) < 4.78 is 0. The molecule has 0 saturated heterocycles. The summed E-state index contributed by atoms with van der Waals surface area (Å²) in [6, 6.07) is 13.7. The number of carbonyl (C=O) groups excluding carboxylic acids is 1. The van der Waals surface area contributed by atoms with Crippen molar-refractivity contribution in [2.75, 3.05) is 0 Å². The Balaban J connectivity index is 1.99. The molecule has 0 unspecified atom stereocenters. The van der Waals surface area contributed by atoms with E-state index in [4.69, 9.17) is 5.73 Å². The molecule has 0 bridgehead atoms. The van der Waals surface area contributed by atoms with E-state index in [1.807, 2.05) is 56.3 Å². The number of hydrogen-bond acceptors (Lipinski definition) is 3. The molecule has 2 aromatic carbocycles. The van der Waals surface area contributed by atoms with Crippen molar-refractivity contribution in [3.05, 3.63) is 70.3 Å². The zero-order chi connectivity index (χ0) is 16.8. The summed E-state index contributed by atoms with van der Waals surface area (Å²) >= 11 is 0. The topological polar surface area (TPSA) is 63.3 Å². The summed E-state index contributed by atoms with van der Waals surface area (Å²) in [5.41, 5.74) is 11.1. The molecule has 23 heavy (non-hydrogen) atoms. The standard InChI is InChI=1S/C20H25NO2/c1-14-10-15(2)18(13-22)17(11-14)8-9-20(23)19(21)12-16-6-4-3-5-7-16/h3-7,10-11,13,19-20,23H,8-9,12,21H2,1-2H3/t19-,20+/m0/s1. The van der Waals surface area contributed by atoms with Crippen molar-refractivity contribution in [2.45, 2.75) is 45.3 Å². The molecule has 122 valence electrons. The van der Waals surface area contributed by atoms with E-state index in [2.05, 4.69) is 0 Å². The molecule has 0 heterocycles. The Morgan fingerprint density at radius 1 is 1.17 bits per heavy atom. The van der Waals surface area contributed by atoms with E-state index in [-0.39, 0.29) is 6.04 Å². The van der Waals surface area contributed by atoms with Gasteiger partial charge in [0, 0.05) is 11.6 Å². The van der Waals surface area contributed by atoms with Gasteiger partial charge in [-0.05, 0) is 49.8 Å². The lowest BCUT2D eigenvalue weighted by atomic mass is 9.93. The van der Waals surface area contributed by atoms with E-state index >= 15 is 0 Å². The number of carbonyl (C=O) groups is 1. The highest BCUT2D eigenvalue weighted by molar-refractivity contribution is 5.79. The van der Waals surface area contributed by atoms with Crippen molar-refractivity contribution in [1.29, 1.82) is 0 Å². The first kappa shape index (κ1) is 17.4. The summed E-state index contributed by atoms with van der Waals surface area (Å²) in [6.07, 6.45) is 2.17. The van der Waals surface area contributed by atoms with Gasteiger partial charge in [0.25, 0.3) is 0 Å². The molecule has 0 radical (unpaired) electrons. The van der Waals surface area contributed by atoms with Crippen LogP contribution in [-0.4, -0.2) is 23.5 Å². The van der Waals surface area contributed by atoms with Gasteiger partial charge in [-0.15, -0.1) is 0 Å². The van der Waals surface area contributed by atoms with E-state index < -0.39 is 6.10 Å². The number of aryl methyl sites for hydroxylation is 3. The van der Waals surface area contributed by atoms with Crippen LogP contribution in [0.15, 0.2) is 42.5 Å². The molecule has 2 aromatic rings. The van der Waals surface area contributed by atoms with E-state index in [0.29, 0.717) is 19.3 Å². The van der Waals surface area contributed by atoms with Gasteiger partial charge in [0.15, 0.2) is 6.29 Å². The largest absolute Gasteiger partial charge is 0.391 e. The molecule has 2 atom stereocenters. The minimum Gasteiger partial charge on any atom is -0.391 e. The van der Waals surface area contributed by atoms with Gasteiger partial charge in [-0.1, -0.05) is 48.0 Å². The van der Waals surface area contributed by atoms with Crippen molar-refractivity contribution in [3.8, 4) is 0 Å². The van der Waals surface area contributed by atoms with Crippen LogP contribution in [0.25, 0.3) is 0 Å². The van der Waals surface area contributed by atoms with Crippen molar-refractivity contribution >= 4 is 6.29 Å². The molecular formula is C20H25NO2. The first-order valence-corrected chi connectivity index (χ1v) is 8.04. The van der Waals surface area contributed by atoms with Crippen molar-refractivity contribution in [2.24, 2.45) is 5.73 Å². The summed E-state index contributed by atoms with van der Waals surface area (Å²) in [4.78, 5) is 11.3. The highest BCUT2D eigenvalue weighted by atomic mass is 16.3. The van der Waals surface area contributed by atoms with Gasteiger partial charge in [-0.3, -0.25) is 4.79 Å². The molecule has 0 spiro atoms. The van der Waals surface area contributed by atoms with Gasteiger partial charge in [0.1, 0.15) is 0 Å². The smallest absolute Gasteiger partial charge is 0.150 e. The molecule has 3 N–H and O–H groups in total. The average molecular weight is 311 g/mol. The fourth-order valence-corrected chi connectivity index (χ4v) is 2.98. The molecule has 0 aromatic heterocycles. The predicted octanol–water partition coefficient (Wildman–Crippen LogP) is 2.98. The molecule has 0 amide bonds. The normalized spacial score (nSPS) is 13.6. The summed E-state index contributed by atoms with van der Waals surface area (Å²) in [7, 11) is 0. The Morgan fingerprint density at radius 3 is 2.52 bits per heavy atom. The maximum Gasteiger partial charge on any atom is 0.150 e. The lowest BCUT2D eigenvalue weighted by molar-refractivity contribution is 0.112. The highest BCUT2D eigenvalue weighted by Crippen LogP contribution is 2.18. The highest BCUT2D eigenvalue weighted by Gasteiger charge is 2.16. The fourth-order valence-electron chi connectivity index (χ4n) is 2.98. The Hall–Kier alpha value is -1.97. The van der Waals surface area contributed by atoms with Crippen molar-refractivity contribution in [3.63, 3.8) is 0 Å². The number of aliphatic hydroxyl groups excluding tert-OH is 1. The van der Waals surface area contributed by atoms with Crippen LogP contribution in [0.1, 0.15) is 39.0 Å². The Kier molecular flexibility index (Phi) is 6.08. The van der Waals surface area contributed by atoms with Crippen LogP contribution in [0.3, 0.4) is 0 Å². The zero-order valence-electron chi connectivity index (χ0n) is 13.8. The van der Waals surface area contributed by atoms with Gasteiger partial charge in [0.05, 0.1) is 6.10 Å². The second-order valence-corrected chi connectivity index (χ2v) is 6.23. The molecular weight excluding hydrogens is 286 g/mol. The maximum absolute atomic E-state index is 11.3. The molecule has 0 aliphatic heterocycles. The second-order valence-electron chi connectivity index (χ2n) is 6.23. The van der Waals surface area contributed by atoms with Crippen molar-refractivity contribution < 1.29 is 9.90 Å². The molecule has 2 rings (SSSR count). The summed E-state index contributed by atoms with van der Waals surface area (Å²) in [5.74, 6) is 0. The van der Waals surface area contributed by atoms with Crippen LogP contribution in [0, 0.1) is 13.8 Å². The second kappa shape index (κ2) is 8.04. The number of benzene rings is 2. The lowest BCUT2D eigenvalue weighted by Gasteiger charge is -2.19. The first-order chi connectivity index (χ1) is 11.0. The summed E-state index contributed by atoms with van der Waals surface area (Å²) in [5, 5.41) is 10.3. The van der Waals surface area contributed by atoms with Crippen LogP contribution in [0.2, 0.25) is 0 Å². The summed E-state index contributed by atoms with van der Waals surface area (Å²) in [6.45, 7) is 3.96. The zero-order valence-corrected chi connectivity index (χ0v) is 13.8. The van der Waals surface area contributed by atoms with E-state index in [1.165, 1.54) is 0 Å². The molecule has 0 fully saturated rings. The number of aldehydes is 1. The van der Waals surface area contributed by atoms with Gasteiger partial charge in [-0.2, -0.15) is 0 Å². The van der Waals surface area contributed by atoms with Crippen LogP contribution in [-0.2, 0) is 12.8 Å². The SMILES string of the molecule is Cc1cc(C)c(C=O)c(CC[C@@H](O)[C@@H](N)Cc2ccccc2)c1. The monoisotopic (exact) mass is 311 g/mol. The van der Waals surface area contributed by atoms with Crippen LogP contribution >= 0.6 is 0 Å². The fraction of sp³-hybridized carbons (Fsp3) is 0.350. The molecule has 0 aliphatic rings. The minimum atomic E-state index is -0.587. The van der Waals surface area contributed by atoms with E-state index in [9.17, 15) is 9.90 Å². The Bertz CT molecular complexity index is 652.